The lowest BCUT2D eigenvalue weighted by molar-refractivity contribution is 0.169. The van der Waals surface area contributed by atoms with Gasteiger partial charge in [-0.05, 0) is 37.3 Å². The molecule has 0 saturated heterocycles. The number of nitrogens with zero attached hydrogens (tertiary/aromatic N) is 2. The summed E-state index contributed by atoms with van der Waals surface area (Å²) in [4.78, 5) is 6.55. The Kier molecular flexibility index (Phi) is 3.44. The minimum Gasteiger partial charge on any atom is -0.387 e. The smallest absolute Gasteiger partial charge is 0.0957 e. The van der Waals surface area contributed by atoms with E-state index in [-0.39, 0.29) is 0 Å². The van der Waals surface area contributed by atoms with E-state index >= 15 is 0 Å². The van der Waals surface area contributed by atoms with Crippen LogP contribution in [0.25, 0.3) is 0 Å². The zero-order chi connectivity index (χ0) is 11.5. The van der Waals surface area contributed by atoms with E-state index in [4.69, 9.17) is 0 Å². The maximum absolute atomic E-state index is 9.64. The first-order valence-electron chi connectivity index (χ1n) is 6.06. The molecule has 0 aromatic carbocycles. The number of hydrogen-bond donors (Lipinski definition) is 1. The third-order valence-corrected chi connectivity index (χ3v) is 3.17. The van der Waals surface area contributed by atoms with Crippen molar-refractivity contribution in [2.45, 2.75) is 32.3 Å². The maximum Gasteiger partial charge on any atom is 0.0957 e. The standard InChI is InChI=1S/C13H20N2O/c1-3-13(16)12-7-6-11(8-14-12)15(2)9-10-4-5-10/h6-8,10,13,16H,3-5,9H2,1-2H3/t13-/m1/s1. The van der Waals surface area contributed by atoms with Crippen LogP contribution in [0.1, 0.15) is 38.0 Å². The molecule has 1 atom stereocenters. The van der Waals surface area contributed by atoms with Crippen molar-refractivity contribution in [2.24, 2.45) is 5.92 Å². The predicted octanol–water partition coefficient (Wildman–Crippen LogP) is 2.37. The van der Waals surface area contributed by atoms with Crippen molar-refractivity contribution in [3.63, 3.8) is 0 Å². The summed E-state index contributed by atoms with van der Waals surface area (Å²) in [5.41, 5.74) is 1.91. The van der Waals surface area contributed by atoms with Crippen LogP contribution in [0, 0.1) is 5.92 Å². The molecule has 0 aliphatic heterocycles. The zero-order valence-corrected chi connectivity index (χ0v) is 10.1. The van der Waals surface area contributed by atoms with Gasteiger partial charge in [0.05, 0.1) is 23.7 Å². The average Bonchev–Trinajstić information content (AvgIpc) is 3.12. The first-order chi connectivity index (χ1) is 7.70. The molecule has 0 radical (unpaired) electrons. The van der Waals surface area contributed by atoms with Gasteiger partial charge in [0.25, 0.3) is 0 Å². The topological polar surface area (TPSA) is 36.4 Å². The van der Waals surface area contributed by atoms with Crippen LogP contribution in [0.4, 0.5) is 5.69 Å². The Morgan fingerprint density at radius 3 is 2.75 bits per heavy atom. The summed E-state index contributed by atoms with van der Waals surface area (Å²) in [5, 5.41) is 9.64. The monoisotopic (exact) mass is 220 g/mol. The molecule has 1 N–H and O–H groups in total. The molecule has 16 heavy (non-hydrogen) atoms. The van der Waals surface area contributed by atoms with Crippen molar-refractivity contribution < 1.29 is 5.11 Å². The van der Waals surface area contributed by atoms with Crippen molar-refractivity contribution >= 4 is 5.69 Å². The molecule has 3 nitrogen and oxygen atoms in total. The lowest BCUT2D eigenvalue weighted by Gasteiger charge is -2.19. The van der Waals surface area contributed by atoms with Crippen molar-refractivity contribution in [2.75, 3.05) is 18.5 Å². The molecule has 0 amide bonds. The number of pyridine rings is 1. The molecule has 1 aromatic rings. The van der Waals surface area contributed by atoms with Gasteiger partial charge in [0, 0.05) is 13.6 Å². The number of hydrogen-bond acceptors (Lipinski definition) is 3. The van der Waals surface area contributed by atoms with Gasteiger partial charge in [-0.3, -0.25) is 4.98 Å². The summed E-state index contributed by atoms with van der Waals surface area (Å²) in [6.45, 7) is 3.08. The number of aromatic nitrogens is 1. The van der Waals surface area contributed by atoms with Gasteiger partial charge in [0.1, 0.15) is 0 Å². The maximum atomic E-state index is 9.64. The Morgan fingerprint density at radius 1 is 1.50 bits per heavy atom. The number of anilines is 1. The normalized spacial score (nSPS) is 17.2. The fourth-order valence-corrected chi connectivity index (χ4v) is 1.82. The van der Waals surface area contributed by atoms with Gasteiger partial charge >= 0.3 is 0 Å². The van der Waals surface area contributed by atoms with Crippen LogP contribution in [-0.4, -0.2) is 23.7 Å². The molecule has 1 aromatic heterocycles. The summed E-state index contributed by atoms with van der Waals surface area (Å²) >= 11 is 0. The minimum atomic E-state index is -0.428. The third kappa shape index (κ3) is 2.73. The Hall–Kier alpha value is -1.09. The highest BCUT2D eigenvalue weighted by molar-refractivity contribution is 5.44. The highest BCUT2D eigenvalue weighted by Gasteiger charge is 2.23. The quantitative estimate of drug-likeness (QED) is 0.827. The van der Waals surface area contributed by atoms with E-state index in [1.165, 1.54) is 12.8 Å². The Morgan fingerprint density at radius 2 is 2.25 bits per heavy atom. The van der Waals surface area contributed by atoms with Gasteiger partial charge in [0.15, 0.2) is 0 Å². The summed E-state index contributed by atoms with van der Waals surface area (Å²) in [7, 11) is 2.10. The molecule has 0 spiro atoms. The second kappa shape index (κ2) is 4.83. The van der Waals surface area contributed by atoms with Gasteiger partial charge in [-0.25, -0.2) is 0 Å². The molecule has 0 unspecified atom stereocenters. The van der Waals surface area contributed by atoms with Crippen LogP contribution < -0.4 is 4.90 Å². The van der Waals surface area contributed by atoms with Gasteiger partial charge in [0.2, 0.25) is 0 Å². The Labute approximate surface area is 97.1 Å². The summed E-state index contributed by atoms with van der Waals surface area (Å²) in [6.07, 6.45) is 4.87. The summed E-state index contributed by atoms with van der Waals surface area (Å²) in [5.74, 6) is 0.880. The largest absolute Gasteiger partial charge is 0.387 e. The number of aliphatic hydroxyl groups is 1. The lowest BCUT2D eigenvalue weighted by Crippen LogP contribution is -2.20. The number of rotatable bonds is 5. The van der Waals surface area contributed by atoms with Gasteiger partial charge in [-0.2, -0.15) is 0 Å². The molecule has 1 aliphatic carbocycles. The highest BCUT2D eigenvalue weighted by Crippen LogP contribution is 2.30. The van der Waals surface area contributed by atoms with E-state index in [1.54, 1.807) is 0 Å². The molecule has 3 heteroatoms. The first kappa shape index (κ1) is 11.4. The number of aliphatic hydroxyl groups excluding tert-OH is 1. The lowest BCUT2D eigenvalue weighted by atomic mass is 10.2. The SMILES string of the molecule is CC[C@@H](O)c1ccc(N(C)CC2CC2)cn1. The van der Waals surface area contributed by atoms with Crippen molar-refractivity contribution in [3.8, 4) is 0 Å². The van der Waals surface area contributed by atoms with Gasteiger partial charge in [-0.1, -0.05) is 6.92 Å². The Balaban J connectivity index is 1.99. The molecule has 1 heterocycles. The molecule has 1 aliphatic rings. The molecular weight excluding hydrogens is 200 g/mol. The van der Waals surface area contributed by atoms with E-state index in [0.29, 0.717) is 6.42 Å². The van der Waals surface area contributed by atoms with Crippen LogP contribution in [0.5, 0.6) is 0 Å². The van der Waals surface area contributed by atoms with Crippen molar-refractivity contribution in [3.05, 3.63) is 24.0 Å². The molecular formula is C13H20N2O. The zero-order valence-electron chi connectivity index (χ0n) is 10.1. The van der Waals surface area contributed by atoms with E-state index in [9.17, 15) is 5.11 Å². The second-order valence-electron chi connectivity index (χ2n) is 4.69. The molecule has 2 rings (SSSR count). The third-order valence-electron chi connectivity index (χ3n) is 3.17. The molecule has 0 bridgehead atoms. The second-order valence-corrected chi connectivity index (χ2v) is 4.69. The molecule has 88 valence electrons. The van der Waals surface area contributed by atoms with Gasteiger partial charge in [-0.15, -0.1) is 0 Å². The summed E-state index contributed by atoms with van der Waals surface area (Å²) < 4.78 is 0. The Bertz CT molecular complexity index is 332. The van der Waals surface area contributed by atoms with Crippen molar-refractivity contribution in [1.29, 1.82) is 0 Å². The summed E-state index contributed by atoms with van der Waals surface area (Å²) in [6, 6.07) is 3.97. The van der Waals surface area contributed by atoms with Crippen LogP contribution in [-0.2, 0) is 0 Å². The van der Waals surface area contributed by atoms with Crippen LogP contribution in [0.2, 0.25) is 0 Å². The van der Waals surface area contributed by atoms with Gasteiger partial charge < -0.3 is 10.0 Å². The highest BCUT2D eigenvalue weighted by atomic mass is 16.3. The first-order valence-corrected chi connectivity index (χ1v) is 6.06. The predicted molar refractivity (Wildman–Crippen MR) is 65.5 cm³/mol. The fourth-order valence-electron chi connectivity index (χ4n) is 1.82. The van der Waals surface area contributed by atoms with E-state index in [1.807, 2.05) is 25.3 Å². The van der Waals surface area contributed by atoms with Crippen LogP contribution >= 0.6 is 0 Å². The van der Waals surface area contributed by atoms with Crippen LogP contribution in [0.3, 0.4) is 0 Å². The van der Waals surface area contributed by atoms with Crippen molar-refractivity contribution in [1.82, 2.24) is 4.98 Å². The van der Waals surface area contributed by atoms with Crippen LogP contribution in [0.15, 0.2) is 18.3 Å². The molecule has 1 saturated carbocycles. The van der Waals surface area contributed by atoms with E-state index in [2.05, 4.69) is 16.9 Å². The van der Waals surface area contributed by atoms with E-state index < -0.39 is 6.10 Å². The molecule has 1 fully saturated rings. The average molecular weight is 220 g/mol. The van der Waals surface area contributed by atoms with E-state index in [0.717, 1.165) is 23.8 Å². The minimum absolute atomic E-state index is 0.428. The fraction of sp³-hybridized carbons (Fsp3) is 0.615.